The Morgan fingerprint density at radius 2 is 1.84 bits per heavy atom. The average molecular weight is 257 g/mol. The minimum atomic E-state index is 0.0283. The van der Waals surface area contributed by atoms with Gasteiger partial charge in [0.15, 0.2) is 0 Å². The van der Waals surface area contributed by atoms with Crippen LogP contribution in [0.2, 0.25) is 0 Å². The summed E-state index contributed by atoms with van der Waals surface area (Å²) in [6.45, 7) is 2.12. The van der Waals surface area contributed by atoms with E-state index in [0.29, 0.717) is 12.8 Å². The molecule has 1 N–H and O–H groups in total. The SMILES string of the molecule is Cc1ccc2cc(N(C)C(=O)CCCO)ccc2c1. The van der Waals surface area contributed by atoms with Gasteiger partial charge in [0, 0.05) is 25.8 Å². The molecule has 0 spiro atoms. The lowest BCUT2D eigenvalue weighted by molar-refractivity contribution is -0.118. The molecular formula is C16H19NO2. The highest BCUT2D eigenvalue weighted by Crippen LogP contribution is 2.23. The number of nitrogens with zero attached hydrogens (tertiary/aromatic N) is 1. The van der Waals surface area contributed by atoms with Gasteiger partial charge in [-0.15, -0.1) is 0 Å². The number of hydrogen-bond donors (Lipinski definition) is 1. The molecule has 19 heavy (non-hydrogen) atoms. The number of amides is 1. The second-order valence-corrected chi connectivity index (χ2v) is 4.81. The number of rotatable bonds is 4. The third-order valence-electron chi connectivity index (χ3n) is 3.29. The first-order valence-electron chi connectivity index (χ1n) is 6.49. The van der Waals surface area contributed by atoms with Gasteiger partial charge in [0.05, 0.1) is 0 Å². The predicted molar refractivity (Wildman–Crippen MR) is 78.4 cm³/mol. The molecule has 1 amide bonds. The van der Waals surface area contributed by atoms with Crippen LogP contribution in [0, 0.1) is 6.92 Å². The van der Waals surface area contributed by atoms with Crippen LogP contribution in [0.4, 0.5) is 5.69 Å². The average Bonchev–Trinajstić information content (AvgIpc) is 2.43. The molecule has 3 nitrogen and oxygen atoms in total. The van der Waals surface area contributed by atoms with Crippen LogP contribution in [0.25, 0.3) is 10.8 Å². The molecule has 0 unspecified atom stereocenters. The van der Waals surface area contributed by atoms with Gasteiger partial charge in [-0.2, -0.15) is 0 Å². The molecule has 0 saturated heterocycles. The van der Waals surface area contributed by atoms with Crippen molar-refractivity contribution < 1.29 is 9.90 Å². The molecule has 0 fully saturated rings. The fourth-order valence-electron chi connectivity index (χ4n) is 2.10. The second-order valence-electron chi connectivity index (χ2n) is 4.81. The van der Waals surface area contributed by atoms with E-state index in [1.807, 2.05) is 18.2 Å². The molecule has 0 aromatic heterocycles. The van der Waals surface area contributed by atoms with Crippen molar-refractivity contribution in [2.45, 2.75) is 19.8 Å². The van der Waals surface area contributed by atoms with Crippen molar-refractivity contribution in [3.8, 4) is 0 Å². The maximum Gasteiger partial charge on any atom is 0.226 e. The monoisotopic (exact) mass is 257 g/mol. The number of anilines is 1. The topological polar surface area (TPSA) is 40.5 Å². The summed E-state index contributed by atoms with van der Waals surface area (Å²) in [6.07, 6.45) is 0.884. The van der Waals surface area contributed by atoms with Crippen LogP contribution in [0.15, 0.2) is 36.4 Å². The lowest BCUT2D eigenvalue weighted by Crippen LogP contribution is -2.26. The zero-order chi connectivity index (χ0) is 13.8. The van der Waals surface area contributed by atoms with Gasteiger partial charge in [0.25, 0.3) is 0 Å². The van der Waals surface area contributed by atoms with E-state index in [1.165, 1.54) is 10.9 Å². The summed E-state index contributed by atoms with van der Waals surface area (Å²) < 4.78 is 0. The second kappa shape index (κ2) is 5.85. The normalized spacial score (nSPS) is 10.7. The molecule has 0 aliphatic rings. The quantitative estimate of drug-likeness (QED) is 0.915. The Kier molecular flexibility index (Phi) is 4.17. The van der Waals surface area contributed by atoms with E-state index in [0.717, 1.165) is 11.1 Å². The van der Waals surface area contributed by atoms with Gasteiger partial charge in [0.2, 0.25) is 5.91 Å². The maximum atomic E-state index is 11.9. The highest BCUT2D eigenvalue weighted by Gasteiger charge is 2.10. The Labute approximate surface area is 113 Å². The van der Waals surface area contributed by atoms with Gasteiger partial charge in [-0.05, 0) is 36.2 Å². The summed E-state index contributed by atoms with van der Waals surface area (Å²) in [4.78, 5) is 13.6. The van der Waals surface area contributed by atoms with Gasteiger partial charge in [0.1, 0.15) is 0 Å². The third-order valence-corrected chi connectivity index (χ3v) is 3.29. The molecule has 2 aromatic rings. The number of carbonyl (C=O) groups is 1. The Morgan fingerprint density at radius 3 is 2.58 bits per heavy atom. The largest absolute Gasteiger partial charge is 0.396 e. The molecule has 2 rings (SSSR count). The van der Waals surface area contributed by atoms with Crippen LogP contribution in [0.3, 0.4) is 0 Å². The van der Waals surface area contributed by atoms with Crippen molar-refractivity contribution in [1.82, 2.24) is 0 Å². The van der Waals surface area contributed by atoms with E-state index in [9.17, 15) is 4.79 Å². The number of benzene rings is 2. The highest BCUT2D eigenvalue weighted by molar-refractivity contribution is 5.96. The number of hydrogen-bond acceptors (Lipinski definition) is 2. The zero-order valence-electron chi connectivity index (χ0n) is 11.4. The van der Waals surface area contributed by atoms with Crippen LogP contribution in [0.1, 0.15) is 18.4 Å². The van der Waals surface area contributed by atoms with Crippen molar-refractivity contribution in [3.63, 3.8) is 0 Å². The van der Waals surface area contributed by atoms with Crippen LogP contribution in [0.5, 0.6) is 0 Å². The minimum Gasteiger partial charge on any atom is -0.396 e. The van der Waals surface area contributed by atoms with Crippen molar-refractivity contribution >= 4 is 22.4 Å². The first-order valence-corrected chi connectivity index (χ1v) is 6.49. The molecule has 2 aromatic carbocycles. The Hall–Kier alpha value is -1.87. The van der Waals surface area contributed by atoms with E-state index in [4.69, 9.17) is 5.11 Å². The van der Waals surface area contributed by atoms with Crippen molar-refractivity contribution in [3.05, 3.63) is 42.0 Å². The molecule has 0 atom stereocenters. The molecule has 0 radical (unpaired) electrons. The van der Waals surface area contributed by atoms with Crippen molar-refractivity contribution in [2.75, 3.05) is 18.6 Å². The zero-order valence-corrected chi connectivity index (χ0v) is 11.4. The predicted octanol–water partition coefficient (Wildman–Crippen LogP) is 2.88. The first-order chi connectivity index (χ1) is 9.11. The Bertz CT molecular complexity index is 592. The van der Waals surface area contributed by atoms with E-state index >= 15 is 0 Å². The molecule has 0 saturated carbocycles. The Balaban J connectivity index is 2.25. The third kappa shape index (κ3) is 3.12. The lowest BCUT2D eigenvalue weighted by Gasteiger charge is -2.17. The fraction of sp³-hybridized carbons (Fsp3) is 0.312. The number of aryl methyl sites for hydroxylation is 1. The fourth-order valence-corrected chi connectivity index (χ4v) is 2.10. The Morgan fingerprint density at radius 1 is 1.16 bits per heavy atom. The van der Waals surface area contributed by atoms with Gasteiger partial charge < -0.3 is 10.0 Å². The van der Waals surface area contributed by atoms with E-state index in [-0.39, 0.29) is 12.5 Å². The molecule has 100 valence electrons. The van der Waals surface area contributed by atoms with Crippen LogP contribution in [-0.2, 0) is 4.79 Å². The van der Waals surface area contributed by atoms with Gasteiger partial charge in [-0.3, -0.25) is 4.79 Å². The first kappa shape index (κ1) is 13.6. The number of fused-ring (bicyclic) bond motifs is 1. The summed E-state index contributed by atoms with van der Waals surface area (Å²) in [5, 5.41) is 11.1. The van der Waals surface area contributed by atoms with Crippen LogP contribution < -0.4 is 4.90 Å². The van der Waals surface area contributed by atoms with Crippen LogP contribution >= 0.6 is 0 Å². The number of aliphatic hydroxyl groups is 1. The number of aliphatic hydroxyl groups excluding tert-OH is 1. The van der Waals surface area contributed by atoms with Gasteiger partial charge in [-0.1, -0.05) is 29.8 Å². The van der Waals surface area contributed by atoms with E-state index < -0.39 is 0 Å². The molecular weight excluding hydrogens is 238 g/mol. The van der Waals surface area contributed by atoms with Gasteiger partial charge in [-0.25, -0.2) is 0 Å². The summed E-state index contributed by atoms with van der Waals surface area (Å²) in [5.74, 6) is 0.0283. The molecule has 0 aliphatic carbocycles. The lowest BCUT2D eigenvalue weighted by atomic mass is 10.1. The minimum absolute atomic E-state index is 0.0283. The summed E-state index contributed by atoms with van der Waals surface area (Å²) >= 11 is 0. The molecule has 0 aliphatic heterocycles. The molecule has 0 bridgehead atoms. The van der Waals surface area contributed by atoms with E-state index in [2.05, 4.69) is 25.1 Å². The highest BCUT2D eigenvalue weighted by atomic mass is 16.3. The van der Waals surface area contributed by atoms with E-state index in [1.54, 1.807) is 11.9 Å². The van der Waals surface area contributed by atoms with Crippen LogP contribution in [-0.4, -0.2) is 24.7 Å². The molecule has 0 heterocycles. The summed E-state index contributed by atoms with van der Waals surface area (Å²) in [6, 6.07) is 12.3. The van der Waals surface area contributed by atoms with Gasteiger partial charge >= 0.3 is 0 Å². The number of carbonyl (C=O) groups excluding carboxylic acids is 1. The molecule has 3 heteroatoms. The standard InChI is InChI=1S/C16H19NO2/c1-12-5-6-14-11-15(8-7-13(14)10-12)17(2)16(19)4-3-9-18/h5-8,10-11,18H,3-4,9H2,1-2H3. The maximum absolute atomic E-state index is 11.9. The summed E-state index contributed by atoms with van der Waals surface area (Å²) in [5.41, 5.74) is 2.12. The van der Waals surface area contributed by atoms with Crippen molar-refractivity contribution in [2.24, 2.45) is 0 Å². The smallest absolute Gasteiger partial charge is 0.226 e. The summed E-state index contributed by atoms with van der Waals surface area (Å²) in [7, 11) is 1.77. The van der Waals surface area contributed by atoms with Crippen molar-refractivity contribution in [1.29, 1.82) is 0 Å².